The molecule has 0 fully saturated rings. The third-order valence-corrected chi connectivity index (χ3v) is 4.13. The quantitative estimate of drug-likeness (QED) is 0.613. The summed E-state index contributed by atoms with van der Waals surface area (Å²) in [5.74, 6) is -0.887. The summed E-state index contributed by atoms with van der Waals surface area (Å²) in [5, 5.41) is 0. The van der Waals surface area contributed by atoms with Gasteiger partial charge in [0.05, 0.1) is 12.6 Å². The molecule has 24 heavy (non-hydrogen) atoms. The van der Waals surface area contributed by atoms with Crippen molar-refractivity contribution in [3.63, 3.8) is 0 Å². The van der Waals surface area contributed by atoms with Gasteiger partial charge in [-0.05, 0) is 40.2 Å². The van der Waals surface area contributed by atoms with E-state index in [2.05, 4.69) is 4.98 Å². The largest absolute Gasteiger partial charge is 0.461 e. The molecule has 1 atom stereocenters. The molecule has 0 spiro atoms. The van der Waals surface area contributed by atoms with Crippen LogP contribution in [0.4, 0.5) is 0 Å². The average molecular weight is 336 g/mol. The smallest absolute Gasteiger partial charge is 0.355 e. The van der Waals surface area contributed by atoms with Gasteiger partial charge in [0.25, 0.3) is 0 Å². The average Bonchev–Trinajstić information content (AvgIpc) is 2.82. The monoisotopic (exact) mass is 336 g/mol. The lowest BCUT2D eigenvalue weighted by atomic mass is 9.99. The number of rotatable bonds is 7. The second-order valence-corrected chi connectivity index (χ2v) is 6.16. The van der Waals surface area contributed by atoms with Gasteiger partial charge in [0.1, 0.15) is 5.69 Å². The third kappa shape index (κ3) is 3.86. The Labute approximate surface area is 143 Å². The van der Waals surface area contributed by atoms with E-state index in [4.69, 9.17) is 4.74 Å². The zero-order valence-corrected chi connectivity index (χ0v) is 15.6. The number of aromatic nitrogens is 1. The number of aromatic amines is 1. The highest BCUT2D eigenvalue weighted by Gasteiger charge is 2.31. The fraction of sp³-hybridized carbons (Fsp3) is 0.611. The Morgan fingerprint density at radius 1 is 1.12 bits per heavy atom. The highest BCUT2D eigenvalue weighted by atomic mass is 16.5. The minimum absolute atomic E-state index is 0.0604. The van der Waals surface area contributed by atoms with Gasteiger partial charge in [0, 0.05) is 23.7 Å². The maximum absolute atomic E-state index is 12.9. The number of nitrogens with one attached hydrogen (secondary N) is 1. The molecule has 0 saturated carbocycles. The molecule has 0 unspecified atom stereocenters. The first-order valence-corrected chi connectivity index (χ1v) is 8.38. The zero-order valence-electron chi connectivity index (χ0n) is 15.6. The molecule has 0 aliphatic carbocycles. The van der Waals surface area contributed by atoms with Gasteiger partial charge in [-0.2, -0.15) is 0 Å². The highest BCUT2D eigenvalue weighted by Crippen LogP contribution is 2.22. The van der Waals surface area contributed by atoms with E-state index in [1.165, 1.54) is 0 Å². The molecule has 0 aromatic carbocycles. The Balaban J connectivity index is 3.19. The van der Waals surface area contributed by atoms with Crippen molar-refractivity contribution in [2.75, 3.05) is 13.2 Å². The first-order chi connectivity index (χ1) is 11.2. The van der Waals surface area contributed by atoms with Crippen molar-refractivity contribution in [1.82, 2.24) is 9.88 Å². The van der Waals surface area contributed by atoms with Crippen LogP contribution in [0.3, 0.4) is 0 Å². The van der Waals surface area contributed by atoms with Crippen molar-refractivity contribution in [2.24, 2.45) is 5.92 Å². The molecule has 1 rings (SSSR count). The first-order valence-electron chi connectivity index (χ1n) is 8.38. The number of esters is 1. The third-order valence-electron chi connectivity index (χ3n) is 4.13. The molecule has 0 saturated heterocycles. The Bertz CT molecular complexity index is 631. The number of amides is 1. The van der Waals surface area contributed by atoms with Gasteiger partial charge in [-0.25, -0.2) is 4.79 Å². The molecule has 1 aromatic rings. The van der Waals surface area contributed by atoms with E-state index in [9.17, 15) is 14.4 Å². The molecule has 1 aromatic heterocycles. The van der Waals surface area contributed by atoms with Crippen molar-refractivity contribution in [3.8, 4) is 0 Å². The highest BCUT2D eigenvalue weighted by molar-refractivity contribution is 6.06. The summed E-state index contributed by atoms with van der Waals surface area (Å²) in [4.78, 5) is 41.8. The van der Waals surface area contributed by atoms with E-state index in [0.717, 1.165) is 0 Å². The van der Waals surface area contributed by atoms with Gasteiger partial charge in [-0.3, -0.25) is 9.59 Å². The van der Waals surface area contributed by atoms with Crippen molar-refractivity contribution >= 4 is 17.7 Å². The number of hydrogen-bond acceptors (Lipinski definition) is 4. The van der Waals surface area contributed by atoms with Gasteiger partial charge >= 0.3 is 5.97 Å². The summed E-state index contributed by atoms with van der Waals surface area (Å²) in [6.07, 6.45) is 0. The second-order valence-electron chi connectivity index (χ2n) is 6.16. The van der Waals surface area contributed by atoms with Gasteiger partial charge in [0.2, 0.25) is 5.91 Å². The minimum atomic E-state index is -0.590. The summed E-state index contributed by atoms with van der Waals surface area (Å²) in [6.45, 7) is 13.1. The topological polar surface area (TPSA) is 79.5 Å². The van der Waals surface area contributed by atoms with Gasteiger partial charge in [-0.1, -0.05) is 13.8 Å². The number of nitrogens with zero attached hydrogens (tertiary/aromatic N) is 1. The Morgan fingerprint density at radius 3 is 2.17 bits per heavy atom. The van der Waals surface area contributed by atoms with E-state index in [1.54, 1.807) is 32.6 Å². The van der Waals surface area contributed by atoms with Gasteiger partial charge in [-0.15, -0.1) is 0 Å². The maximum Gasteiger partial charge on any atom is 0.355 e. The fourth-order valence-electron chi connectivity index (χ4n) is 2.83. The Kier molecular flexibility index (Phi) is 6.75. The molecular weight excluding hydrogens is 308 g/mol. The number of carbonyl (C=O) groups is 3. The number of likely N-dealkylation sites (N-methyl/N-ethyl adjacent to an activating group) is 1. The minimum Gasteiger partial charge on any atom is -0.461 e. The molecule has 0 aliphatic heterocycles. The number of H-pyrrole nitrogens is 1. The van der Waals surface area contributed by atoms with Crippen LogP contribution in [0.5, 0.6) is 0 Å². The number of ketones is 1. The molecule has 6 heteroatoms. The summed E-state index contributed by atoms with van der Waals surface area (Å²) in [6, 6.07) is -0.590. The number of Topliss-reactive ketones (excluding diaryl/α,β-unsaturated/α-hetero) is 1. The molecule has 0 aliphatic rings. The predicted octanol–water partition coefficient (Wildman–Crippen LogP) is 2.88. The van der Waals surface area contributed by atoms with Gasteiger partial charge < -0.3 is 14.6 Å². The normalized spacial score (nSPS) is 12.2. The zero-order chi connectivity index (χ0) is 18.6. The van der Waals surface area contributed by atoms with Crippen LogP contribution in [0, 0.1) is 19.8 Å². The molecule has 134 valence electrons. The number of ether oxygens (including phenoxy) is 1. The molecule has 0 bridgehead atoms. The van der Waals surface area contributed by atoms with Crippen LogP contribution >= 0.6 is 0 Å². The SMILES string of the molecule is CCOC(=O)c1[nH]c(C)c(C(=O)[C@@H](C)N(CC)C(=O)C(C)C)c1C. The first kappa shape index (κ1) is 19.9. The van der Waals surface area contributed by atoms with E-state index in [-0.39, 0.29) is 24.2 Å². The van der Waals surface area contributed by atoms with E-state index in [1.807, 2.05) is 20.8 Å². The standard InChI is InChI=1S/C18H28N2O4/c1-8-20(17(22)10(3)4)13(7)16(21)14-11(5)15(19-12(14)6)18(23)24-9-2/h10,13,19H,8-9H2,1-7H3/t13-/m1/s1. The van der Waals surface area contributed by atoms with Crippen molar-refractivity contribution in [1.29, 1.82) is 0 Å². The number of carbonyl (C=O) groups excluding carboxylic acids is 3. The molecule has 1 heterocycles. The summed E-state index contributed by atoms with van der Waals surface area (Å²) < 4.78 is 5.01. The summed E-state index contributed by atoms with van der Waals surface area (Å²) in [7, 11) is 0. The molecule has 6 nitrogen and oxygen atoms in total. The molecule has 1 amide bonds. The summed E-state index contributed by atoms with van der Waals surface area (Å²) >= 11 is 0. The van der Waals surface area contributed by atoms with Crippen LogP contribution in [-0.2, 0) is 9.53 Å². The Morgan fingerprint density at radius 2 is 1.71 bits per heavy atom. The van der Waals surface area contributed by atoms with Crippen LogP contribution in [0.1, 0.15) is 66.7 Å². The second kappa shape index (κ2) is 8.13. The van der Waals surface area contributed by atoms with Crippen molar-refractivity contribution in [3.05, 3.63) is 22.5 Å². The van der Waals surface area contributed by atoms with E-state index >= 15 is 0 Å². The Hall–Kier alpha value is -2.11. The molecular formula is C18H28N2O4. The number of hydrogen-bond donors (Lipinski definition) is 1. The van der Waals surface area contributed by atoms with Crippen molar-refractivity contribution in [2.45, 2.75) is 54.5 Å². The lowest BCUT2D eigenvalue weighted by Crippen LogP contribution is -2.45. The summed E-state index contributed by atoms with van der Waals surface area (Å²) in [5.41, 5.74) is 1.93. The molecule has 1 N–H and O–H groups in total. The van der Waals surface area contributed by atoms with Crippen LogP contribution in [0.2, 0.25) is 0 Å². The van der Waals surface area contributed by atoms with Crippen LogP contribution in [0.15, 0.2) is 0 Å². The van der Waals surface area contributed by atoms with Crippen LogP contribution < -0.4 is 0 Å². The van der Waals surface area contributed by atoms with Crippen LogP contribution in [0.25, 0.3) is 0 Å². The molecule has 0 radical (unpaired) electrons. The predicted molar refractivity (Wildman–Crippen MR) is 92.2 cm³/mol. The van der Waals surface area contributed by atoms with Crippen molar-refractivity contribution < 1.29 is 19.1 Å². The fourth-order valence-corrected chi connectivity index (χ4v) is 2.83. The number of aryl methyl sites for hydroxylation is 1. The van der Waals surface area contributed by atoms with E-state index in [0.29, 0.717) is 29.1 Å². The lowest BCUT2D eigenvalue weighted by Gasteiger charge is -2.29. The van der Waals surface area contributed by atoms with E-state index < -0.39 is 12.0 Å². The lowest BCUT2D eigenvalue weighted by molar-refractivity contribution is -0.135. The van der Waals surface area contributed by atoms with Gasteiger partial charge in [0.15, 0.2) is 5.78 Å². The van der Waals surface area contributed by atoms with Crippen LogP contribution in [-0.4, -0.2) is 46.7 Å². The maximum atomic E-state index is 12.9.